The Morgan fingerprint density at radius 1 is 1.15 bits per heavy atom. The highest BCUT2D eigenvalue weighted by molar-refractivity contribution is 5.67. The quantitative estimate of drug-likeness (QED) is 0.839. The zero-order chi connectivity index (χ0) is 14.7. The Hall–Kier alpha value is -3.19. The van der Waals surface area contributed by atoms with Crippen molar-refractivity contribution in [3.8, 4) is 29.3 Å². The summed E-state index contributed by atoms with van der Waals surface area (Å²) in [6.07, 6.45) is 1.37. The van der Waals surface area contributed by atoms with Crippen molar-refractivity contribution in [2.45, 2.75) is 0 Å². The number of aromatic nitrogens is 2. The first-order chi connectivity index (χ1) is 9.65. The lowest BCUT2D eigenvalue weighted by atomic mass is 10.2. The molecule has 1 aromatic heterocycles. The van der Waals surface area contributed by atoms with Crippen LogP contribution in [0.25, 0.3) is 5.69 Å². The zero-order valence-corrected chi connectivity index (χ0v) is 10.9. The molecule has 2 N–H and O–H groups in total. The summed E-state index contributed by atoms with van der Waals surface area (Å²) in [5.41, 5.74) is 6.98. The molecule has 0 saturated heterocycles. The number of nitriles is 2. The molecule has 0 aliphatic rings. The molecular formula is C13H11N5O2. The summed E-state index contributed by atoms with van der Waals surface area (Å²) in [5, 5.41) is 18.0. The summed E-state index contributed by atoms with van der Waals surface area (Å²) >= 11 is 0. The van der Waals surface area contributed by atoms with E-state index in [1.807, 2.05) is 12.1 Å². The van der Waals surface area contributed by atoms with Gasteiger partial charge < -0.3 is 15.2 Å². The molecule has 0 amide bonds. The van der Waals surface area contributed by atoms with Gasteiger partial charge in [0.15, 0.2) is 22.9 Å². The maximum absolute atomic E-state index is 9.14. The van der Waals surface area contributed by atoms with Gasteiger partial charge in [0.05, 0.1) is 25.6 Å². The first-order valence-corrected chi connectivity index (χ1v) is 5.55. The van der Waals surface area contributed by atoms with E-state index in [0.717, 1.165) is 0 Å². The molecule has 0 radical (unpaired) electrons. The predicted molar refractivity (Wildman–Crippen MR) is 70.5 cm³/mol. The number of anilines is 1. The Labute approximate surface area is 115 Å². The number of nitrogen functional groups attached to an aromatic ring is 1. The van der Waals surface area contributed by atoms with Crippen molar-refractivity contribution in [1.29, 1.82) is 10.5 Å². The topological polar surface area (TPSA) is 110 Å². The van der Waals surface area contributed by atoms with E-state index in [1.54, 1.807) is 12.1 Å². The third-order valence-corrected chi connectivity index (χ3v) is 2.77. The van der Waals surface area contributed by atoms with E-state index in [9.17, 15) is 0 Å². The second-order valence-corrected chi connectivity index (χ2v) is 3.80. The van der Waals surface area contributed by atoms with Gasteiger partial charge in [0.2, 0.25) is 0 Å². The van der Waals surface area contributed by atoms with Gasteiger partial charge in [-0.05, 0) is 0 Å². The maximum Gasteiger partial charge on any atom is 0.177 e. The summed E-state index contributed by atoms with van der Waals surface area (Å²) in [5.74, 6) is 0.945. The number of ether oxygens (including phenoxy) is 2. The van der Waals surface area contributed by atoms with Gasteiger partial charge in [0.25, 0.3) is 0 Å². The number of imidazole rings is 1. The number of nitrogens with zero attached hydrogens (tertiary/aromatic N) is 4. The minimum Gasteiger partial charge on any atom is -0.493 e. The van der Waals surface area contributed by atoms with E-state index in [0.29, 0.717) is 22.9 Å². The van der Waals surface area contributed by atoms with Gasteiger partial charge in [-0.15, -0.1) is 0 Å². The number of hydrogen-bond acceptors (Lipinski definition) is 6. The number of benzene rings is 1. The van der Waals surface area contributed by atoms with Crippen LogP contribution in [0.15, 0.2) is 18.5 Å². The molecule has 0 fully saturated rings. The average molecular weight is 269 g/mol. The van der Waals surface area contributed by atoms with Crippen molar-refractivity contribution in [3.05, 3.63) is 29.8 Å². The second-order valence-electron chi connectivity index (χ2n) is 3.80. The molecule has 1 heterocycles. The van der Waals surface area contributed by atoms with Crippen LogP contribution in [-0.4, -0.2) is 23.8 Å². The molecule has 0 bridgehead atoms. The minimum absolute atomic E-state index is 0.0432. The fourth-order valence-electron chi connectivity index (χ4n) is 1.81. The van der Waals surface area contributed by atoms with E-state index in [-0.39, 0.29) is 11.4 Å². The monoisotopic (exact) mass is 269 g/mol. The molecule has 0 aliphatic heterocycles. The normalized spacial score (nSPS) is 9.60. The Morgan fingerprint density at radius 3 is 2.35 bits per heavy atom. The van der Waals surface area contributed by atoms with Crippen LogP contribution in [0.1, 0.15) is 11.4 Å². The van der Waals surface area contributed by atoms with Crippen LogP contribution in [0.2, 0.25) is 0 Å². The molecule has 7 nitrogen and oxygen atoms in total. The highest BCUT2D eigenvalue weighted by Crippen LogP contribution is 2.34. The van der Waals surface area contributed by atoms with E-state index >= 15 is 0 Å². The molecule has 7 heteroatoms. The maximum atomic E-state index is 9.14. The van der Waals surface area contributed by atoms with Crippen molar-refractivity contribution in [3.63, 3.8) is 0 Å². The standard InChI is InChI=1S/C13H11N5O2/c1-19-12-3-8(16)10(4-13(12)20-2)18-7-17-9(5-14)11(18)6-15/h3-4,7H,16H2,1-2H3. The smallest absolute Gasteiger partial charge is 0.177 e. The Kier molecular flexibility index (Phi) is 3.45. The van der Waals surface area contributed by atoms with Gasteiger partial charge in [-0.1, -0.05) is 0 Å². The molecule has 0 aliphatic carbocycles. The molecule has 2 rings (SSSR count). The molecular weight excluding hydrogens is 258 g/mol. The number of hydrogen-bond donors (Lipinski definition) is 1. The van der Waals surface area contributed by atoms with Crippen molar-refractivity contribution in [2.75, 3.05) is 20.0 Å². The molecule has 20 heavy (non-hydrogen) atoms. The molecule has 0 atom stereocenters. The lowest BCUT2D eigenvalue weighted by molar-refractivity contribution is 0.355. The van der Waals surface area contributed by atoms with Crippen LogP contribution in [0, 0.1) is 22.7 Å². The van der Waals surface area contributed by atoms with E-state index in [4.69, 9.17) is 25.7 Å². The highest BCUT2D eigenvalue weighted by Gasteiger charge is 2.16. The van der Waals surface area contributed by atoms with Crippen LogP contribution in [0.4, 0.5) is 5.69 Å². The van der Waals surface area contributed by atoms with Gasteiger partial charge in [-0.25, -0.2) is 4.98 Å². The summed E-state index contributed by atoms with van der Waals surface area (Å²) in [7, 11) is 3.00. The molecule has 2 aromatic rings. The summed E-state index contributed by atoms with van der Waals surface area (Å²) < 4.78 is 11.8. The highest BCUT2D eigenvalue weighted by atomic mass is 16.5. The first kappa shape index (κ1) is 13.2. The van der Waals surface area contributed by atoms with Gasteiger partial charge in [-0.2, -0.15) is 10.5 Å². The van der Waals surface area contributed by atoms with E-state index in [2.05, 4.69) is 4.98 Å². The van der Waals surface area contributed by atoms with Crippen molar-refractivity contribution >= 4 is 5.69 Å². The SMILES string of the molecule is COc1cc(N)c(-n2cnc(C#N)c2C#N)cc1OC. The molecule has 100 valence electrons. The van der Waals surface area contributed by atoms with Gasteiger partial charge in [-0.3, -0.25) is 4.57 Å². The molecule has 0 spiro atoms. The van der Waals surface area contributed by atoms with Crippen molar-refractivity contribution in [2.24, 2.45) is 0 Å². The third-order valence-electron chi connectivity index (χ3n) is 2.77. The number of rotatable bonds is 3. The summed E-state index contributed by atoms with van der Waals surface area (Å²) in [4.78, 5) is 3.87. The van der Waals surface area contributed by atoms with E-state index < -0.39 is 0 Å². The van der Waals surface area contributed by atoms with Gasteiger partial charge in [0.1, 0.15) is 18.5 Å². The van der Waals surface area contributed by atoms with Crippen LogP contribution in [-0.2, 0) is 0 Å². The minimum atomic E-state index is 0.0432. The van der Waals surface area contributed by atoms with Crippen LogP contribution >= 0.6 is 0 Å². The predicted octanol–water partition coefficient (Wildman–Crippen LogP) is 1.22. The summed E-state index contributed by atoms with van der Waals surface area (Å²) in [6, 6.07) is 7.00. The van der Waals surface area contributed by atoms with Crippen molar-refractivity contribution < 1.29 is 9.47 Å². The lowest BCUT2D eigenvalue weighted by Crippen LogP contribution is -2.03. The fraction of sp³-hybridized carbons (Fsp3) is 0.154. The van der Waals surface area contributed by atoms with Crippen LogP contribution < -0.4 is 15.2 Å². The number of nitrogens with two attached hydrogens (primary N) is 1. The Balaban J connectivity index is 2.68. The Bertz CT molecular complexity index is 736. The van der Waals surface area contributed by atoms with Gasteiger partial charge >= 0.3 is 0 Å². The Morgan fingerprint density at radius 2 is 1.80 bits per heavy atom. The average Bonchev–Trinajstić information content (AvgIpc) is 2.89. The largest absolute Gasteiger partial charge is 0.493 e. The molecule has 0 unspecified atom stereocenters. The fourth-order valence-corrected chi connectivity index (χ4v) is 1.81. The molecule has 0 saturated carbocycles. The first-order valence-electron chi connectivity index (χ1n) is 5.55. The van der Waals surface area contributed by atoms with Crippen LogP contribution in [0.5, 0.6) is 11.5 Å². The summed E-state index contributed by atoms with van der Waals surface area (Å²) in [6.45, 7) is 0. The lowest BCUT2D eigenvalue weighted by Gasteiger charge is -2.13. The van der Waals surface area contributed by atoms with Gasteiger partial charge in [0, 0.05) is 12.1 Å². The van der Waals surface area contributed by atoms with Crippen molar-refractivity contribution in [1.82, 2.24) is 9.55 Å². The van der Waals surface area contributed by atoms with Crippen LogP contribution in [0.3, 0.4) is 0 Å². The third kappa shape index (κ3) is 1.98. The second kappa shape index (κ2) is 5.21. The van der Waals surface area contributed by atoms with E-state index in [1.165, 1.54) is 25.1 Å². The molecule has 1 aromatic carbocycles. The zero-order valence-electron chi connectivity index (χ0n) is 10.9. The number of methoxy groups -OCH3 is 2.